The average molecular weight is 368 g/mol. The van der Waals surface area contributed by atoms with Crippen LogP contribution < -0.4 is 10.5 Å². The molecule has 144 valence electrons. The van der Waals surface area contributed by atoms with Crippen LogP contribution in [0, 0.1) is 6.92 Å². The van der Waals surface area contributed by atoms with Gasteiger partial charge in [-0.05, 0) is 32.8 Å². The zero-order valence-corrected chi connectivity index (χ0v) is 16.4. The lowest BCUT2D eigenvalue weighted by Crippen LogP contribution is -2.47. The molecule has 4 rings (SSSR count). The van der Waals surface area contributed by atoms with E-state index in [-0.39, 0.29) is 17.8 Å². The van der Waals surface area contributed by atoms with Gasteiger partial charge in [-0.25, -0.2) is 4.98 Å². The zero-order valence-electron chi connectivity index (χ0n) is 16.4. The fourth-order valence-electron chi connectivity index (χ4n) is 4.18. The second-order valence-electron chi connectivity index (χ2n) is 7.93. The number of fused-ring (bicyclic) bond motifs is 1. The number of benzene rings is 1. The van der Waals surface area contributed by atoms with Crippen LogP contribution in [0.1, 0.15) is 36.2 Å². The van der Waals surface area contributed by atoms with Crippen LogP contribution >= 0.6 is 0 Å². The summed E-state index contributed by atoms with van der Waals surface area (Å²) in [7, 11) is 0. The molecule has 0 unspecified atom stereocenters. The lowest BCUT2D eigenvalue weighted by molar-refractivity contribution is -0.00576. The number of morpholine rings is 1. The predicted octanol–water partition coefficient (Wildman–Crippen LogP) is 2.25. The lowest BCUT2D eigenvalue weighted by Gasteiger charge is -2.36. The van der Waals surface area contributed by atoms with Crippen molar-refractivity contribution in [3.8, 4) is 0 Å². The molecule has 0 spiro atoms. The van der Waals surface area contributed by atoms with Crippen LogP contribution in [0.3, 0.4) is 0 Å². The highest BCUT2D eigenvalue weighted by Crippen LogP contribution is 2.21. The Labute approximate surface area is 160 Å². The molecule has 1 aromatic carbocycles. The number of anilines is 1. The van der Waals surface area contributed by atoms with Crippen molar-refractivity contribution in [2.75, 3.05) is 24.5 Å². The van der Waals surface area contributed by atoms with Crippen LogP contribution in [0.15, 0.2) is 29.1 Å². The third kappa shape index (κ3) is 4.06. The molecule has 0 amide bonds. The summed E-state index contributed by atoms with van der Waals surface area (Å²) in [4.78, 5) is 25.0. The summed E-state index contributed by atoms with van der Waals surface area (Å²) in [5.41, 5.74) is 4.35. The first-order valence-electron chi connectivity index (χ1n) is 9.78. The van der Waals surface area contributed by atoms with Gasteiger partial charge in [-0.3, -0.25) is 14.7 Å². The van der Waals surface area contributed by atoms with E-state index < -0.39 is 0 Å². The van der Waals surface area contributed by atoms with Crippen molar-refractivity contribution in [2.45, 2.75) is 52.5 Å². The number of aromatic nitrogens is 2. The van der Waals surface area contributed by atoms with Crippen molar-refractivity contribution in [3.63, 3.8) is 0 Å². The van der Waals surface area contributed by atoms with Gasteiger partial charge in [0, 0.05) is 38.3 Å². The number of H-pyrrole nitrogens is 1. The maximum absolute atomic E-state index is 12.6. The lowest BCUT2D eigenvalue weighted by atomic mass is 10.1. The summed E-state index contributed by atoms with van der Waals surface area (Å²) < 4.78 is 5.80. The van der Waals surface area contributed by atoms with Gasteiger partial charge in [0.2, 0.25) is 5.95 Å². The monoisotopic (exact) mass is 368 g/mol. The second-order valence-corrected chi connectivity index (χ2v) is 7.93. The number of aryl methyl sites for hydroxylation is 1. The Morgan fingerprint density at radius 3 is 2.78 bits per heavy atom. The molecule has 1 N–H and O–H groups in total. The summed E-state index contributed by atoms with van der Waals surface area (Å²) >= 11 is 0. The van der Waals surface area contributed by atoms with Crippen molar-refractivity contribution >= 4 is 5.95 Å². The molecule has 1 aromatic heterocycles. The highest BCUT2D eigenvalue weighted by atomic mass is 16.5. The number of hydrogen-bond donors (Lipinski definition) is 1. The fourth-order valence-corrected chi connectivity index (χ4v) is 4.18. The Bertz CT molecular complexity index is 869. The van der Waals surface area contributed by atoms with Crippen LogP contribution in [0.25, 0.3) is 0 Å². The van der Waals surface area contributed by atoms with Crippen LogP contribution in [0.2, 0.25) is 0 Å². The number of nitrogens with one attached hydrogen (secondary N) is 1. The summed E-state index contributed by atoms with van der Waals surface area (Å²) in [6, 6.07) is 8.61. The third-order valence-corrected chi connectivity index (χ3v) is 5.35. The standard InChI is InChI=1S/C21H28N4O2/c1-14-5-4-6-17(9-14)12-24-8-7-18-19(13-24)22-21(23-20(18)26)25-10-15(2)27-16(3)11-25/h4-6,9,15-16H,7-8,10-13H2,1-3H3,(H,22,23,26)/t15-,16-/m1/s1. The Hall–Kier alpha value is -2.18. The molecule has 0 bridgehead atoms. The topological polar surface area (TPSA) is 61.5 Å². The van der Waals surface area contributed by atoms with E-state index in [0.29, 0.717) is 5.95 Å². The Morgan fingerprint density at radius 2 is 2.04 bits per heavy atom. The average Bonchev–Trinajstić information content (AvgIpc) is 2.60. The molecule has 1 fully saturated rings. The van der Waals surface area contributed by atoms with E-state index in [9.17, 15) is 4.79 Å². The van der Waals surface area contributed by atoms with Crippen LogP contribution in [-0.4, -0.2) is 46.7 Å². The minimum atomic E-state index is 0.0111. The van der Waals surface area contributed by atoms with Crippen molar-refractivity contribution in [3.05, 3.63) is 57.0 Å². The van der Waals surface area contributed by atoms with Crippen LogP contribution in [-0.2, 0) is 24.2 Å². The molecule has 0 radical (unpaired) electrons. The highest BCUT2D eigenvalue weighted by molar-refractivity contribution is 5.35. The molecule has 2 atom stereocenters. The minimum Gasteiger partial charge on any atom is -0.372 e. The van der Waals surface area contributed by atoms with Crippen molar-refractivity contribution in [1.29, 1.82) is 0 Å². The molecule has 2 aromatic rings. The van der Waals surface area contributed by atoms with Gasteiger partial charge < -0.3 is 9.64 Å². The second kappa shape index (κ2) is 7.44. The molecule has 0 aliphatic carbocycles. The molecule has 1 saturated heterocycles. The molecule has 2 aliphatic heterocycles. The summed E-state index contributed by atoms with van der Waals surface area (Å²) in [6.07, 6.45) is 1.01. The number of hydrogen-bond acceptors (Lipinski definition) is 5. The molecule has 6 heteroatoms. The number of nitrogens with zero attached hydrogens (tertiary/aromatic N) is 3. The smallest absolute Gasteiger partial charge is 0.255 e. The summed E-state index contributed by atoms with van der Waals surface area (Å²) in [6.45, 7) is 10.2. The van der Waals surface area contributed by atoms with Gasteiger partial charge in [-0.1, -0.05) is 29.8 Å². The minimum absolute atomic E-state index is 0.0111. The van der Waals surface area contributed by atoms with Crippen LogP contribution in [0.5, 0.6) is 0 Å². The van der Waals surface area contributed by atoms with Gasteiger partial charge in [-0.2, -0.15) is 0 Å². The van der Waals surface area contributed by atoms with E-state index in [0.717, 1.165) is 50.4 Å². The molecule has 3 heterocycles. The Morgan fingerprint density at radius 1 is 1.26 bits per heavy atom. The number of rotatable bonds is 3. The normalized spacial score (nSPS) is 23.3. The van der Waals surface area contributed by atoms with Gasteiger partial charge in [0.15, 0.2) is 0 Å². The van der Waals surface area contributed by atoms with Gasteiger partial charge in [0.05, 0.1) is 17.9 Å². The largest absolute Gasteiger partial charge is 0.372 e. The van der Waals surface area contributed by atoms with Gasteiger partial charge in [-0.15, -0.1) is 0 Å². The Balaban J connectivity index is 1.55. The summed E-state index contributed by atoms with van der Waals surface area (Å²) in [5, 5.41) is 0. The fraction of sp³-hybridized carbons (Fsp3) is 0.524. The predicted molar refractivity (Wildman–Crippen MR) is 106 cm³/mol. The molecular weight excluding hydrogens is 340 g/mol. The van der Waals surface area contributed by atoms with Gasteiger partial charge in [0.1, 0.15) is 0 Å². The molecular formula is C21H28N4O2. The van der Waals surface area contributed by atoms with E-state index in [1.54, 1.807) is 0 Å². The van der Waals surface area contributed by atoms with Crippen LogP contribution in [0.4, 0.5) is 5.95 Å². The number of aromatic amines is 1. The maximum Gasteiger partial charge on any atom is 0.255 e. The summed E-state index contributed by atoms with van der Waals surface area (Å²) in [5.74, 6) is 0.679. The molecule has 2 aliphatic rings. The van der Waals surface area contributed by atoms with E-state index >= 15 is 0 Å². The van der Waals surface area contributed by atoms with E-state index in [2.05, 4.69) is 59.8 Å². The zero-order chi connectivity index (χ0) is 19.0. The van der Waals surface area contributed by atoms with E-state index in [1.165, 1.54) is 11.1 Å². The van der Waals surface area contributed by atoms with Gasteiger partial charge >= 0.3 is 0 Å². The first-order valence-corrected chi connectivity index (χ1v) is 9.78. The quantitative estimate of drug-likeness (QED) is 0.900. The first-order chi connectivity index (χ1) is 13.0. The van der Waals surface area contributed by atoms with E-state index in [4.69, 9.17) is 9.72 Å². The molecule has 0 saturated carbocycles. The first kappa shape index (κ1) is 18.2. The SMILES string of the molecule is Cc1cccc(CN2CCc3c(nc(N4C[C@@H](C)O[C@H](C)C4)[nH]c3=O)C2)c1. The van der Waals surface area contributed by atoms with Crippen molar-refractivity contribution in [2.24, 2.45) is 0 Å². The highest BCUT2D eigenvalue weighted by Gasteiger charge is 2.26. The molecule has 6 nitrogen and oxygen atoms in total. The molecule has 27 heavy (non-hydrogen) atoms. The Kier molecular flexibility index (Phi) is 5.02. The van der Waals surface area contributed by atoms with Crippen molar-refractivity contribution < 1.29 is 4.74 Å². The van der Waals surface area contributed by atoms with Gasteiger partial charge in [0.25, 0.3) is 5.56 Å². The number of ether oxygens (including phenoxy) is 1. The maximum atomic E-state index is 12.6. The van der Waals surface area contributed by atoms with Crippen molar-refractivity contribution in [1.82, 2.24) is 14.9 Å². The third-order valence-electron chi connectivity index (χ3n) is 5.35. The van der Waals surface area contributed by atoms with E-state index in [1.807, 2.05) is 0 Å².